The van der Waals surface area contributed by atoms with Gasteiger partial charge in [0.15, 0.2) is 4.77 Å². The molecule has 1 N–H and O–H groups in total. The van der Waals surface area contributed by atoms with Crippen molar-refractivity contribution < 1.29 is 4.74 Å². The first-order valence-electron chi connectivity index (χ1n) is 5.89. The summed E-state index contributed by atoms with van der Waals surface area (Å²) in [4.78, 5) is 3.26. The zero-order chi connectivity index (χ0) is 12.4. The average Bonchev–Trinajstić information content (AvgIpc) is 2.57. The average molecular weight is 250 g/mol. The lowest BCUT2D eigenvalue weighted by Gasteiger charge is -2.08. The number of fused-ring (bicyclic) bond motifs is 1. The Morgan fingerprint density at radius 1 is 1.41 bits per heavy atom. The molecule has 0 aliphatic rings. The molecule has 0 radical (unpaired) electrons. The van der Waals surface area contributed by atoms with Crippen LogP contribution in [0.15, 0.2) is 18.2 Å². The van der Waals surface area contributed by atoms with E-state index >= 15 is 0 Å². The van der Waals surface area contributed by atoms with Gasteiger partial charge in [-0.15, -0.1) is 0 Å². The molecule has 0 aliphatic carbocycles. The molecule has 3 nitrogen and oxygen atoms in total. The summed E-state index contributed by atoms with van der Waals surface area (Å²) in [6, 6.07) is 6.23. The predicted octanol–water partition coefficient (Wildman–Crippen LogP) is 3.43. The van der Waals surface area contributed by atoms with Crippen LogP contribution < -0.4 is 0 Å². The lowest BCUT2D eigenvalue weighted by Crippen LogP contribution is -2.10. The number of imidazole rings is 1. The number of hydrogen-bond donors (Lipinski definition) is 1. The van der Waals surface area contributed by atoms with Crippen molar-refractivity contribution >= 4 is 23.3 Å². The standard InChI is InChI=1S/C13H18N2OS/c1-9(2)16-8-7-15-11-6-4-5-10(3)12(11)14-13(15)17/h4-6,9H,7-8H2,1-3H3,(H,14,17). The topological polar surface area (TPSA) is 29.9 Å². The van der Waals surface area contributed by atoms with E-state index in [2.05, 4.69) is 34.7 Å². The van der Waals surface area contributed by atoms with Gasteiger partial charge in [0.1, 0.15) is 0 Å². The molecule has 0 unspecified atom stereocenters. The Labute approximate surface area is 106 Å². The Balaban J connectivity index is 2.31. The van der Waals surface area contributed by atoms with Crippen LogP contribution in [0.25, 0.3) is 11.0 Å². The van der Waals surface area contributed by atoms with Gasteiger partial charge in [0.05, 0.1) is 23.7 Å². The number of aromatic nitrogens is 2. The molecular formula is C13H18N2OS. The monoisotopic (exact) mass is 250 g/mol. The zero-order valence-electron chi connectivity index (χ0n) is 10.5. The summed E-state index contributed by atoms with van der Waals surface area (Å²) in [6.07, 6.45) is 0.260. The third-order valence-corrected chi connectivity index (χ3v) is 3.11. The summed E-state index contributed by atoms with van der Waals surface area (Å²) in [5, 5.41) is 0. The number of H-pyrrole nitrogens is 1. The minimum Gasteiger partial charge on any atom is -0.377 e. The van der Waals surface area contributed by atoms with Crippen LogP contribution in [0, 0.1) is 11.7 Å². The summed E-state index contributed by atoms with van der Waals surface area (Å²) in [5.74, 6) is 0. The molecule has 0 fully saturated rings. The van der Waals surface area contributed by atoms with E-state index in [1.165, 1.54) is 5.56 Å². The molecular weight excluding hydrogens is 232 g/mol. The number of nitrogens with zero attached hydrogens (tertiary/aromatic N) is 1. The van der Waals surface area contributed by atoms with Crippen LogP contribution in [-0.2, 0) is 11.3 Å². The van der Waals surface area contributed by atoms with Crippen molar-refractivity contribution in [1.82, 2.24) is 9.55 Å². The van der Waals surface area contributed by atoms with Crippen molar-refractivity contribution in [2.75, 3.05) is 6.61 Å². The highest BCUT2D eigenvalue weighted by molar-refractivity contribution is 7.71. The van der Waals surface area contributed by atoms with Gasteiger partial charge in [0.2, 0.25) is 0 Å². The highest BCUT2D eigenvalue weighted by Gasteiger charge is 2.05. The summed E-state index contributed by atoms with van der Waals surface area (Å²) < 4.78 is 8.43. The number of ether oxygens (including phenoxy) is 1. The van der Waals surface area contributed by atoms with Gasteiger partial charge in [-0.3, -0.25) is 0 Å². The molecule has 2 aromatic rings. The second kappa shape index (κ2) is 5.02. The summed E-state index contributed by atoms with van der Waals surface area (Å²) in [5.41, 5.74) is 3.50. The normalized spacial score (nSPS) is 11.5. The Morgan fingerprint density at radius 3 is 2.88 bits per heavy atom. The first-order chi connectivity index (χ1) is 8.09. The first kappa shape index (κ1) is 12.3. The van der Waals surface area contributed by atoms with Crippen LogP contribution in [0.4, 0.5) is 0 Å². The maximum atomic E-state index is 5.57. The van der Waals surface area contributed by atoms with Crippen LogP contribution in [0.5, 0.6) is 0 Å². The van der Waals surface area contributed by atoms with Crippen molar-refractivity contribution in [3.63, 3.8) is 0 Å². The lowest BCUT2D eigenvalue weighted by molar-refractivity contribution is 0.0731. The SMILES string of the molecule is Cc1cccc2c1[nH]c(=S)n2CCOC(C)C. The third-order valence-electron chi connectivity index (χ3n) is 2.78. The Bertz CT molecular complexity index is 568. The van der Waals surface area contributed by atoms with Crippen LogP contribution in [-0.4, -0.2) is 22.3 Å². The third kappa shape index (κ3) is 2.58. The molecule has 17 heavy (non-hydrogen) atoms. The quantitative estimate of drug-likeness (QED) is 0.842. The molecule has 1 heterocycles. The predicted molar refractivity (Wildman–Crippen MR) is 72.9 cm³/mol. The maximum Gasteiger partial charge on any atom is 0.178 e. The van der Waals surface area contributed by atoms with Crippen molar-refractivity contribution in [2.24, 2.45) is 0 Å². The van der Waals surface area contributed by atoms with Gasteiger partial charge in [0, 0.05) is 6.54 Å². The van der Waals surface area contributed by atoms with Crippen molar-refractivity contribution in [3.8, 4) is 0 Å². The maximum absolute atomic E-state index is 5.57. The van der Waals surface area contributed by atoms with Crippen LogP contribution in [0.2, 0.25) is 0 Å². The summed E-state index contributed by atoms with van der Waals surface area (Å²) >= 11 is 5.34. The lowest BCUT2D eigenvalue weighted by atomic mass is 10.2. The van der Waals surface area contributed by atoms with E-state index in [1.807, 2.05) is 13.8 Å². The molecule has 0 aliphatic heterocycles. The number of para-hydroxylation sites is 1. The second-order valence-corrected chi connectivity index (χ2v) is 4.86. The molecule has 92 valence electrons. The van der Waals surface area contributed by atoms with E-state index in [0.717, 1.165) is 22.3 Å². The zero-order valence-corrected chi connectivity index (χ0v) is 11.3. The van der Waals surface area contributed by atoms with E-state index in [1.54, 1.807) is 0 Å². The molecule has 2 rings (SSSR count). The molecule has 1 aromatic heterocycles. The molecule has 0 bridgehead atoms. The molecule has 0 saturated heterocycles. The van der Waals surface area contributed by atoms with E-state index in [-0.39, 0.29) is 6.10 Å². The van der Waals surface area contributed by atoms with Gasteiger partial charge in [-0.05, 0) is 44.6 Å². The Hall–Kier alpha value is -1.13. The number of aromatic amines is 1. The van der Waals surface area contributed by atoms with E-state index in [4.69, 9.17) is 17.0 Å². The van der Waals surface area contributed by atoms with Gasteiger partial charge in [-0.2, -0.15) is 0 Å². The highest BCUT2D eigenvalue weighted by atomic mass is 32.1. The molecule has 4 heteroatoms. The van der Waals surface area contributed by atoms with E-state index < -0.39 is 0 Å². The van der Waals surface area contributed by atoms with Gasteiger partial charge in [0.25, 0.3) is 0 Å². The number of rotatable bonds is 4. The van der Waals surface area contributed by atoms with Crippen LogP contribution in [0.1, 0.15) is 19.4 Å². The molecule has 0 saturated carbocycles. The smallest absolute Gasteiger partial charge is 0.178 e. The fourth-order valence-electron chi connectivity index (χ4n) is 1.93. The van der Waals surface area contributed by atoms with Gasteiger partial charge in [-0.25, -0.2) is 0 Å². The molecule has 0 spiro atoms. The van der Waals surface area contributed by atoms with Crippen molar-refractivity contribution in [1.29, 1.82) is 0 Å². The number of benzene rings is 1. The molecule has 0 atom stereocenters. The van der Waals surface area contributed by atoms with Gasteiger partial charge >= 0.3 is 0 Å². The van der Waals surface area contributed by atoms with Gasteiger partial charge < -0.3 is 14.3 Å². The van der Waals surface area contributed by atoms with Crippen LogP contribution >= 0.6 is 12.2 Å². The fraction of sp³-hybridized carbons (Fsp3) is 0.462. The van der Waals surface area contributed by atoms with Crippen molar-refractivity contribution in [3.05, 3.63) is 28.5 Å². The van der Waals surface area contributed by atoms with Gasteiger partial charge in [-0.1, -0.05) is 12.1 Å². The van der Waals surface area contributed by atoms with Crippen LogP contribution in [0.3, 0.4) is 0 Å². The Morgan fingerprint density at radius 2 is 2.18 bits per heavy atom. The second-order valence-electron chi connectivity index (χ2n) is 4.47. The molecule has 1 aromatic carbocycles. The number of nitrogens with one attached hydrogen (secondary N) is 1. The minimum atomic E-state index is 0.260. The summed E-state index contributed by atoms with van der Waals surface area (Å²) in [7, 11) is 0. The first-order valence-corrected chi connectivity index (χ1v) is 6.30. The largest absolute Gasteiger partial charge is 0.377 e. The highest BCUT2D eigenvalue weighted by Crippen LogP contribution is 2.17. The minimum absolute atomic E-state index is 0.260. The van der Waals surface area contributed by atoms with Crippen molar-refractivity contribution in [2.45, 2.75) is 33.4 Å². The number of hydrogen-bond acceptors (Lipinski definition) is 2. The van der Waals surface area contributed by atoms with E-state index in [0.29, 0.717) is 6.61 Å². The summed E-state index contributed by atoms with van der Waals surface area (Å²) in [6.45, 7) is 7.65. The number of aryl methyl sites for hydroxylation is 1. The van der Waals surface area contributed by atoms with E-state index in [9.17, 15) is 0 Å². The molecule has 0 amide bonds. The Kier molecular flexibility index (Phi) is 3.64. The fourth-order valence-corrected chi connectivity index (χ4v) is 2.22.